The minimum Gasteiger partial charge on any atom is -0.363 e. The standard InChI is InChI=1S/C7H10INO7P2/c8-6-2-1-3-9(4-6)5-7(10,17(11,12)13)18(14,15)16/h1-4,10H,5H2,(H3-,11,12,13,14,15,16)/p+1. The number of rotatable bonds is 4. The van der Waals surface area contributed by atoms with E-state index < -0.39 is 26.8 Å². The summed E-state index contributed by atoms with van der Waals surface area (Å²) in [4.78, 5) is 35.8. The van der Waals surface area contributed by atoms with Crippen LogP contribution in [0.3, 0.4) is 0 Å². The van der Waals surface area contributed by atoms with Crippen LogP contribution in [0.4, 0.5) is 0 Å². The Morgan fingerprint density at radius 1 is 1.22 bits per heavy atom. The van der Waals surface area contributed by atoms with Crippen molar-refractivity contribution in [2.24, 2.45) is 0 Å². The summed E-state index contributed by atoms with van der Waals surface area (Å²) in [5, 5.41) is 6.24. The van der Waals surface area contributed by atoms with E-state index in [0.717, 1.165) is 4.57 Å². The van der Waals surface area contributed by atoms with Gasteiger partial charge in [0.25, 0.3) is 0 Å². The first-order chi connectivity index (χ1) is 7.97. The number of hydrogen-bond acceptors (Lipinski definition) is 3. The van der Waals surface area contributed by atoms with E-state index in [1.165, 1.54) is 18.5 Å². The average molecular weight is 410 g/mol. The van der Waals surface area contributed by atoms with E-state index in [9.17, 15) is 14.2 Å². The Labute approximate surface area is 116 Å². The zero-order valence-corrected chi connectivity index (χ0v) is 12.7. The van der Waals surface area contributed by atoms with Crippen LogP contribution >= 0.6 is 37.8 Å². The Balaban J connectivity index is 3.25. The fraction of sp³-hybridized carbons (Fsp3) is 0.286. The Bertz CT molecular complexity index is 516. The van der Waals surface area contributed by atoms with E-state index in [4.69, 9.17) is 19.6 Å². The zero-order chi connectivity index (χ0) is 14.2. The van der Waals surface area contributed by atoms with Crippen molar-refractivity contribution < 1.29 is 38.4 Å². The van der Waals surface area contributed by atoms with E-state index >= 15 is 0 Å². The molecule has 1 heterocycles. The fourth-order valence-corrected chi connectivity index (χ4v) is 3.81. The normalized spacial score (nSPS) is 13.7. The largest absolute Gasteiger partial charge is 0.376 e. The fourth-order valence-electron chi connectivity index (χ4n) is 1.19. The van der Waals surface area contributed by atoms with Gasteiger partial charge in [-0.3, -0.25) is 9.13 Å². The molecule has 0 amide bonds. The summed E-state index contributed by atoms with van der Waals surface area (Å²) in [5.74, 6) is 0. The average Bonchev–Trinajstić information content (AvgIpc) is 2.13. The van der Waals surface area contributed by atoms with Gasteiger partial charge in [-0.2, -0.15) is 4.57 Å². The molecule has 1 aromatic rings. The smallest absolute Gasteiger partial charge is 0.363 e. The Hall–Kier alpha value is 0.140. The first kappa shape index (κ1) is 16.2. The number of hydrogen-bond donors (Lipinski definition) is 5. The molecule has 5 N–H and O–H groups in total. The second-order valence-corrected chi connectivity index (χ2v) is 8.81. The zero-order valence-electron chi connectivity index (χ0n) is 8.79. The number of aromatic nitrogens is 1. The molecule has 0 aromatic carbocycles. The van der Waals surface area contributed by atoms with E-state index in [-0.39, 0.29) is 0 Å². The van der Waals surface area contributed by atoms with Gasteiger partial charge in [0.15, 0.2) is 12.4 Å². The number of halogens is 1. The summed E-state index contributed by atoms with van der Waals surface area (Å²) in [5.41, 5.74) is 0. The molecule has 8 nitrogen and oxygen atoms in total. The van der Waals surface area contributed by atoms with Crippen LogP contribution in [-0.4, -0.2) is 29.8 Å². The molecule has 1 aromatic heterocycles. The second-order valence-electron chi connectivity index (χ2n) is 3.56. The van der Waals surface area contributed by atoms with Crippen LogP contribution in [0.5, 0.6) is 0 Å². The highest BCUT2D eigenvalue weighted by atomic mass is 127. The third kappa shape index (κ3) is 3.37. The van der Waals surface area contributed by atoms with Gasteiger partial charge < -0.3 is 24.7 Å². The van der Waals surface area contributed by atoms with Crippen LogP contribution in [0.1, 0.15) is 0 Å². The number of aliphatic hydroxyl groups is 1. The first-order valence-electron chi connectivity index (χ1n) is 4.46. The van der Waals surface area contributed by atoms with Gasteiger partial charge in [0.1, 0.15) is 0 Å². The molecule has 0 atom stereocenters. The highest BCUT2D eigenvalue weighted by Gasteiger charge is 2.62. The van der Waals surface area contributed by atoms with Gasteiger partial charge in [0, 0.05) is 6.07 Å². The van der Waals surface area contributed by atoms with Gasteiger partial charge >= 0.3 is 20.3 Å². The molecule has 0 saturated carbocycles. The molecule has 11 heteroatoms. The second kappa shape index (κ2) is 5.26. The van der Waals surface area contributed by atoms with Crippen molar-refractivity contribution >= 4 is 37.8 Å². The third-order valence-electron chi connectivity index (χ3n) is 2.15. The maximum absolute atomic E-state index is 11.1. The minimum absolute atomic E-state index is 0.675. The molecule has 0 aliphatic carbocycles. The van der Waals surface area contributed by atoms with Gasteiger partial charge in [0.05, 0.1) is 3.57 Å². The van der Waals surface area contributed by atoms with Gasteiger partial charge in [-0.1, -0.05) is 0 Å². The van der Waals surface area contributed by atoms with Gasteiger partial charge in [0.2, 0.25) is 6.54 Å². The predicted molar refractivity (Wildman–Crippen MR) is 68.4 cm³/mol. The quantitative estimate of drug-likeness (QED) is 0.258. The molecule has 0 fully saturated rings. The van der Waals surface area contributed by atoms with Crippen LogP contribution in [0.2, 0.25) is 0 Å². The van der Waals surface area contributed by atoms with Gasteiger partial charge in [-0.15, -0.1) is 0 Å². The molecule has 0 aliphatic rings. The number of nitrogens with zero attached hydrogens (tertiary/aromatic N) is 1. The van der Waals surface area contributed by atoms with E-state index in [1.54, 1.807) is 6.07 Å². The SMILES string of the molecule is O=P(O)(O)C(O)(C[n+]1cccc(I)c1)P(=O)(O)O. The lowest BCUT2D eigenvalue weighted by molar-refractivity contribution is -0.704. The van der Waals surface area contributed by atoms with E-state index in [1.807, 2.05) is 22.6 Å². The lowest BCUT2D eigenvalue weighted by Gasteiger charge is -2.26. The first-order valence-corrected chi connectivity index (χ1v) is 8.76. The summed E-state index contributed by atoms with van der Waals surface area (Å²) in [6, 6.07) is 3.19. The molecule has 0 radical (unpaired) electrons. The third-order valence-corrected chi connectivity index (χ3v) is 6.50. The maximum atomic E-state index is 11.1. The molecular weight excluding hydrogens is 399 g/mol. The predicted octanol–water partition coefficient (Wildman–Crippen LogP) is -0.420. The Morgan fingerprint density at radius 2 is 1.72 bits per heavy atom. The lowest BCUT2D eigenvalue weighted by atomic mass is 10.5. The topological polar surface area (TPSA) is 139 Å². The van der Waals surface area contributed by atoms with Crippen molar-refractivity contribution in [2.45, 2.75) is 11.6 Å². The lowest BCUT2D eigenvalue weighted by Crippen LogP contribution is -2.47. The summed E-state index contributed by atoms with van der Waals surface area (Å²) in [7, 11) is -10.8. The molecule has 0 bridgehead atoms. The molecular formula is C7H11INO7P2+. The van der Waals surface area contributed by atoms with Crippen LogP contribution in [-0.2, 0) is 15.7 Å². The molecule has 0 spiro atoms. The molecule has 18 heavy (non-hydrogen) atoms. The molecule has 1 rings (SSSR count). The monoisotopic (exact) mass is 410 g/mol. The molecule has 102 valence electrons. The van der Waals surface area contributed by atoms with E-state index in [0.29, 0.717) is 3.57 Å². The summed E-state index contributed by atoms with van der Waals surface area (Å²) >= 11 is 1.91. The molecule has 0 unspecified atom stereocenters. The molecule has 0 aliphatic heterocycles. The van der Waals surface area contributed by atoms with Crippen LogP contribution < -0.4 is 4.57 Å². The van der Waals surface area contributed by atoms with Crippen molar-refractivity contribution in [2.75, 3.05) is 0 Å². The summed E-state index contributed by atoms with van der Waals surface area (Å²) in [6.45, 7) is -0.918. The van der Waals surface area contributed by atoms with Gasteiger partial charge in [-0.05, 0) is 28.7 Å². The van der Waals surface area contributed by atoms with Crippen molar-refractivity contribution in [3.8, 4) is 0 Å². The maximum Gasteiger partial charge on any atom is 0.376 e. The van der Waals surface area contributed by atoms with Gasteiger partial charge in [-0.25, -0.2) is 0 Å². The number of pyridine rings is 1. The highest BCUT2D eigenvalue weighted by Crippen LogP contribution is 2.67. The van der Waals surface area contributed by atoms with Crippen molar-refractivity contribution in [1.82, 2.24) is 0 Å². The van der Waals surface area contributed by atoms with Crippen LogP contribution in [0.25, 0.3) is 0 Å². The van der Waals surface area contributed by atoms with Crippen molar-refractivity contribution in [1.29, 1.82) is 0 Å². The highest BCUT2D eigenvalue weighted by molar-refractivity contribution is 14.1. The Kier molecular flexibility index (Phi) is 4.73. The summed E-state index contributed by atoms with van der Waals surface area (Å²) < 4.78 is 24.0. The minimum atomic E-state index is -5.42. The Morgan fingerprint density at radius 3 is 2.11 bits per heavy atom. The van der Waals surface area contributed by atoms with E-state index in [2.05, 4.69) is 0 Å². The molecule has 0 saturated heterocycles. The van der Waals surface area contributed by atoms with Crippen molar-refractivity contribution in [3.63, 3.8) is 0 Å². The van der Waals surface area contributed by atoms with Crippen LogP contribution in [0, 0.1) is 3.57 Å². The summed E-state index contributed by atoms with van der Waals surface area (Å²) in [6.07, 6.45) is 2.72. The van der Waals surface area contributed by atoms with Crippen molar-refractivity contribution in [3.05, 3.63) is 28.1 Å². The van der Waals surface area contributed by atoms with Crippen LogP contribution in [0.15, 0.2) is 24.5 Å².